The highest BCUT2D eigenvalue weighted by atomic mass is 32.1. The topological polar surface area (TPSA) is 15.6 Å². The summed E-state index contributed by atoms with van der Waals surface area (Å²) in [4.78, 5) is 1.29. The van der Waals surface area contributed by atoms with Gasteiger partial charge in [-0.3, -0.25) is 0 Å². The molecule has 0 N–H and O–H groups in total. The number of rotatable bonds is 3. The quantitative estimate of drug-likeness (QED) is 0.536. The van der Waals surface area contributed by atoms with E-state index in [0.29, 0.717) is 0 Å². The van der Waals surface area contributed by atoms with Crippen molar-refractivity contribution in [3.63, 3.8) is 0 Å². The molecule has 0 aromatic carbocycles. The van der Waals surface area contributed by atoms with Crippen LogP contribution in [0.4, 0.5) is 0 Å². The predicted molar refractivity (Wildman–Crippen MR) is 59.6 cm³/mol. The maximum atomic E-state index is 4.46. The second-order valence-electron chi connectivity index (χ2n) is 3.09. The zero-order valence-electron chi connectivity index (χ0n) is 8.66. The van der Waals surface area contributed by atoms with Gasteiger partial charge in [0.15, 0.2) is 0 Å². The number of nitrogens with zero attached hydrogens (tertiary/aromatic N) is 2. The first-order chi connectivity index (χ1) is 6.15. The Kier molecular flexibility index (Phi) is 3.48. The van der Waals surface area contributed by atoms with Gasteiger partial charge in [-0.2, -0.15) is 5.10 Å². The third kappa shape index (κ3) is 2.56. The summed E-state index contributed by atoms with van der Waals surface area (Å²) in [5.74, 6) is 0. The second-order valence-corrected chi connectivity index (χ2v) is 4.01. The summed E-state index contributed by atoms with van der Waals surface area (Å²) in [7, 11) is 1.99. The average Bonchev–Trinajstić information content (AvgIpc) is 2.51. The van der Waals surface area contributed by atoms with Gasteiger partial charge in [-0.25, -0.2) is 0 Å². The minimum atomic E-state index is 0.946. The van der Waals surface area contributed by atoms with Crippen LogP contribution in [-0.4, -0.2) is 24.3 Å². The zero-order valence-corrected chi connectivity index (χ0v) is 9.48. The van der Waals surface area contributed by atoms with Crippen LogP contribution in [0.25, 0.3) is 0 Å². The molecule has 1 heterocycles. The van der Waals surface area contributed by atoms with E-state index in [4.69, 9.17) is 0 Å². The van der Waals surface area contributed by atoms with Gasteiger partial charge in [-0.15, -0.1) is 11.3 Å². The van der Waals surface area contributed by atoms with E-state index in [1.165, 1.54) is 10.4 Å². The van der Waals surface area contributed by atoms with E-state index in [1.54, 1.807) is 11.3 Å². The molecule has 1 rings (SSSR count). The molecule has 3 heteroatoms. The summed E-state index contributed by atoms with van der Waals surface area (Å²) < 4.78 is 0. The Morgan fingerprint density at radius 2 is 2.31 bits per heavy atom. The standard InChI is InChI=1S/C10H16N2S/c1-5-12(4)11-9(3)10-8(2)6-7-13-10/h6-7H,5H2,1-4H3/b11-9-. The van der Waals surface area contributed by atoms with E-state index >= 15 is 0 Å². The average molecular weight is 196 g/mol. The number of hydrogen-bond acceptors (Lipinski definition) is 3. The Hall–Kier alpha value is -0.830. The first kappa shape index (κ1) is 10.3. The van der Waals surface area contributed by atoms with Gasteiger partial charge in [-0.05, 0) is 37.8 Å². The largest absolute Gasteiger partial charge is 0.300 e. The fraction of sp³-hybridized carbons (Fsp3) is 0.500. The lowest BCUT2D eigenvalue weighted by atomic mass is 10.2. The molecule has 1 aromatic heterocycles. The number of thiophene rings is 1. The normalized spacial score (nSPS) is 11.8. The molecule has 0 spiro atoms. The maximum absolute atomic E-state index is 4.46. The van der Waals surface area contributed by atoms with E-state index < -0.39 is 0 Å². The minimum absolute atomic E-state index is 0.946. The molecule has 72 valence electrons. The summed E-state index contributed by atoms with van der Waals surface area (Å²) in [6.07, 6.45) is 0. The molecule has 1 aromatic rings. The van der Waals surface area contributed by atoms with E-state index in [-0.39, 0.29) is 0 Å². The van der Waals surface area contributed by atoms with Crippen molar-refractivity contribution in [2.45, 2.75) is 20.8 Å². The predicted octanol–water partition coefficient (Wildman–Crippen LogP) is 2.73. The van der Waals surface area contributed by atoms with E-state index in [2.05, 4.69) is 37.3 Å². The molecular weight excluding hydrogens is 180 g/mol. The van der Waals surface area contributed by atoms with E-state index in [1.807, 2.05) is 12.1 Å². The smallest absolute Gasteiger partial charge is 0.0748 e. The second kappa shape index (κ2) is 4.42. The number of aryl methyl sites for hydroxylation is 1. The van der Waals surface area contributed by atoms with Crippen LogP contribution in [0.2, 0.25) is 0 Å². The van der Waals surface area contributed by atoms with Crippen molar-refractivity contribution >= 4 is 17.0 Å². The third-order valence-corrected chi connectivity index (χ3v) is 3.09. The number of hydrogen-bond donors (Lipinski definition) is 0. The monoisotopic (exact) mass is 196 g/mol. The van der Waals surface area contributed by atoms with Crippen LogP contribution >= 0.6 is 11.3 Å². The Labute approximate surface area is 83.9 Å². The summed E-state index contributed by atoms with van der Waals surface area (Å²) in [6.45, 7) is 7.22. The van der Waals surface area contributed by atoms with Crippen LogP contribution in [0.5, 0.6) is 0 Å². The molecule has 0 saturated heterocycles. The highest BCUT2D eigenvalue weighted by Gasteiger charge is 2.03. The summed E-state index contributed by atoms with van der Waals surface area (Å²) in [5.41, 5.74) is 2.42. The first-order valence-corrected chi connectivity index (χ1v) is 5.34. The molecule has 0 fully saturated rings. The highest BCUT2D eigenvalue weighted by Crippen LogP contribution is 2.16. The molecular formula is C10H16N2S. The van der Waals surface area contributed by atoms with Crippen molar-refractivity contribution in [2.24, 2.45) is 5.10 Å². The van der Waals surface area contributed by atoms with E-state index in [9.17, 15) is 0 Å². The molecule has 2 nitrogen and oxygen atoms in total. The Balaban J connectivity index is 2.84. The first-order valence-electron chi connectivity index (χ1n) is 4.46. The van der Waals surface area contributed by atoms with Crippen molar-refractivity contribution in [1.82, 2.24) is 5.01 Å². The van der Waals surface area contributed by atoms with Crippen molar-refractivity contribution in [3.05, 3.63) is 21.9 Å². The Bertz CT molecular complexity index is 302. The third-order valence-electron chi connectivity index (χ3n) is 1.97. The molecule has 0 atom stereocenters. The van der Waals surface area contributed by atoms with Gasteiger partial charge in [0.05, 0.1) is 10.6 Å². The molecule has 0 unspecified atom stereocenters. The van der Waals surface area contributed by atoms with Gasteiger partial charge >= 0.3 is 0 Å². The Morgan fingerprint density at radius 3 is 2.77 bits per heavy atom. The number of hydrazone groups is 1. The fourth-order valence-electron chi connectivity index (χ4n) is 1.12. The van der Waals surface area contributed by atoms with Crippen molar-refractivity contribution in [2.75, 3.05) is 13.6 Å². The maximum Gasteiger partial charge on any atom is 0.0748 e. The van der Waals surface area contributed by atoms with Crippen LogP contribution < -0.4 is 0 Å². The van der Waals surface area contributed by atoms with Gasteiger partial charge in [0.1, 0.15) is 0 Å². The highest BCUT2D eigenvalue weighted by molar-refractivity contribution is 7.12. The van der Waals surface area contributed by atoms with Crippen LogP contribution in [0.1, 0.15) is 24.3 Å². The molecule has 0 aliphatic heterocycles. The molecule has 13 heavy (non-hydrogen) atoms. The molecule has 0 amide bonds. The minimum Gasteiger partial charge on any atom is -0.300 e. The van der Waals surface area contributed by atoms with Crippen molar-refractivity contribution in [1.29, 1.82) is 0 Å². The van der Waals surface area contributed by atoms with Gasteiger partial charge < -0.3 is 5.01 Å². The summed E-state index contributed by atoms with van der Waals surface area (Å²) >= 11 is 1.75. The SMILES string of the molecule is CCN(C)/N=C(/C)c1sccc1C. The molecule has 0 aliphatic carbocycles. The van der Waals surface area contributed by atoms with Crippen molar-refractivity contribution in [3.8, 4) is 0 Å². The van der Waals surface area contributed by atoms with Crippen LogP contribution in [0.3, 0.4) is 0 Å². The van der Waals surface area contributed by atoms with Gasteiger partial charge in [-0.1, -0.05) is 0 Å². The molecule has 0 aliphatic rings. The zero-order chi connectivity index (χ0) is 9.84. The molecule has 0 saturated carbocycles. The Morgan fingerprint density at radius 1 is 1.62 bits per heavy atom. The van der Waals surface area contributed by atoms with Crippen LogP contribution in [0, 0.1) is 6.92 Å². The van der Waals surface area contributed by atoms with Crippen molar-refractivity contribution < 1.29 is 0 Å². The van der Waals surface area contributed by atoms with E-state index in [0.717, 1.165) is 12.3 Å². The van der Waals surface area contributed by atoms with Gasteiger partial charge in [0.25, 0.3) is 0 Å². The van der Waals surface area contributed by atoms with Crippen LogP contribution in [-0.2, 0) is 0 Å². The summed E-state index contributed by atoms with van der Waals surface area (Å²) in [5, 5.41) is 8.52. The summed E-state index contributed by atoms with van der Waals surface area (Å²) in [6, 6.07) is 2.13. The van der Waals surface area contributed by atoms with Gasteiger partial charge in [0.2, 0.25) is 0 Å². The molecule has 0 radical (unpaired) electrons. The fourth-order valence-corrected chi connectivity index (χ4v) is 1.99. The lowest BCUT2D eigenvalue weighted by Gasteiger charge is -2.10. The molecule has 0 bridgehead atoms. The lowest BCUT2D eigenvalue weighted by Crippen LogP contribution is -2.12. The lowest BCUT2D eigenvalue weighted by molar-refractivity contribution is 0.375. The van der Waals surface area contributed by atoms with Gasteiger partial charge in [0, 0.05) is 13.6 Å². The van der Waals surface area contributed by atoms with Crippen LogP contribution in [0.15, 0.2) is 16.5 Å².